The van der Waals surface area contributed by atoms with Gasteiger partial charge in [0, 0.05) is 0 Å². The van der Waals surface area contributed by atoms with E-state index in [9.17, 15) is 9.59 Å². The first-order chi connectivity index (χ1) is 11.2. The van der Waals surface area contributed by atoms with Gasteiger partial charge >= 0.3 is 11.9 Å². The van der Waals surface area contributed by atoms with E-state index in [2.05, 4.69) is 0 Å². The maximum Gasteiger partial charge on any atom is 0.339 e. The summed E-state index contributed by atoms with van der Waals surface area (Å²) in [5.74, 6) is -0.869. The molecule has 0 atom stereocenters. The van der Waals surface area contributed by atoms with Crippen LogP contribution in [0.25, 0.3) is 0 Å². The predicted octanol–water partition coefficient (Wildman–Crippen LogP) is 4.52. The van der Waals surface area contributed by atoms with Gasteiger partial charge in [-0.25, -0.2) is 9.59 Å². The van der Waals surface area contributed by atoms with E-state index >= 15 is 0 Å². The maximum absolute atomic E-state index is 12.5. The van der Waals surface area contributed by atoms with E-state index in [4.69, 9.17) is 9.47 Å². The number of rotatable bonds is 6. The van der Waals surface area contributed by atoms with Crippen molar-refractivity contribution in [2.75, 3.05) is 6.61 Å². The zero-order valence-corrected chi connectivity index (χ0v) is 13.9. The second-order valence-corrected chi connectivity index (χ2v) is 6.05. The Morgan fingerprint density at radius 1 is 1.00 bits per heavy atom. The van der Waals surface area contributed by atoms with Gasteiger partial charge in [0.2, 0.25) is 0 Å². The average molecular weight is 318 g/mol. The summed E-state index contributed by atoms with van der Waals surface area (Å²) in [4.78, 5) is 24.6. The highest BCUT2D eigenvalue weighted by molar-refractivity contribution is 6.03. The zero-order valence-electron chi connectivity index (χ0n) is 13.9. The highest BCUT2D eigenvalue weighted by Gasteiger charge is 2.22. The average Bonchev–Trinajstić information content (AvgIpc) is 2.83. The summed E-state index contributed by atoms with van der Waals surface area (Å²) in [6.45, 7) is 2.41. The van der Waals surface area contributed by atoms with Crippen LogP contribution in [0.3, 0.4) is 0 Å². The fourth-order valence-corrected chi connectivity index (χ4v) is 2.80. The highest BCUT2D eigenvalue weighted by atomic mass is 16.5. The summed E-state index contributed by atoms with van der Waals surface area (Å²) < 4.78 is 10.8. The molecular formula is C19H26O4. The SMILES string of the molecule is CCCCOC(=O)c1ccccc1C(=O)OC1CCCCCC1. The van der Waals surface area contributed by atoms with E-state index in [1.54, 1.807) is 24.3 Å². The van der Waals surface area contributed by atoms with Crippen molar-refractivity contribution in [2.24, 2.45) is 0 Å². The van der Waals surface area contributed by atoms with Gasteiger partial charge in [-0.2, -0.15) is 0 Å². The van der Waals surface area contributed by atoms with Crippen LogP contribution in [0.2, 0.25) is 0 Å². The Morgan fingerprint density at radius 3 is 2.22 bits per heavy atom. The number of unbranched alkanes of at least 4 members (excludes halogenated alkanes) is 1. The molecule has 1 aromatic rings. The third kappa shape index (κ3) is 5.38. The van der Waals surface area contributed by atoms with E-state index in [1.165, 1.54) is 12.8 Å². The fourth-order valence-electron chi connectivity index (χ4n) is 2.80. The maximum atomic E-state index is 12.5. The first-order valence-electron chi connectivity index (χ1n) is 8.69. The predicted molar refractivity (Wildman–Crippen MR) is 88.5 cm³/mol. The summed E-state index contributed by atoms with van der Waals surface area (Å²) >= 11 is 0. The van der Waals surface area contributed by atoms with E-state index in [-0.39, 0.29) is 6.10 Å². The molecule has 1 aliphatic carbocycles. The van der Waals surface area contributed by atoms with Crippen molar-refractivity contribution in [3.05, 3.63) is 35.4 Å². The van der Waals surface area contributed by atoms with Crippen molar-refractivity contribution in [1.29, 1.82) is 0 Å². The van der Waals surface area contributed by atoms with Crippen molar-refractivity contribution >= 4 is 11.9 Å². The third-order valence-corrected chi connectivity index (χ3v) is 4.17. The summed E-state index contributed by atoms with van der Waals surface area (Å²) in [6.07, 6.45) is 8.16. The molecule has 0 amide bonds. The quantitative estimate of drug-likeness (QED) is 0.439. The molecule has 2 rings (SSSR count). The van der Waals surface area contributed by atoms with Gasteiger partial charge in [-0.15, -0.1) is 0 Å². The number of ether oxygens (including phenoxy) is 2. The Labute approximate surface area is 138 Å². The number of benzene rings is 1. The van der Waals surface area contributed by atoms with Crippen molar-refractivity contribution in [3.63, 3.8) is 0 Å². The molecule has 1 fully saturated rings. The van der Waals surface area contributed by atoms with E-state index < -0.39 is 11.9 Å². The summed E-state index contributed by atoms with van der Waals surface area (Å²) in [5.41, 5.74) is 0.598. The van der Waals surface area contributed by atoms with Crippen LogP contribution in [-0.4, -0.2) is 24.6 Å². The summed E-state index contributed by atoms with van der Waals surface area (Å²) in [7, 11) is 0. The normalized spacial score (nSPS) is 15.7. The van der Waals surface area contributed by atoms with Crippen LogP contribution < -0.4 is 0 Å². The van der Waals surface area contributed by atoms with E-state index in [0.29, 0.717) is 17.7 Å². The minimum absolute atomic E-state index is 0.0332. The number of carbonyl (C=O) groups is 2. The molecule has 0 aliphatic heterocycles. The lowest BCUT2D eigenvalue weighted by Gasteiger charge is -2.16. The van der Waals surface area contributed by atoms with Gasteiger partial charge in [-0.3, -0.25) is 0 Å². The van der Waals surface area contributed by atoms with Crippen LogP contribution in [0.15, 0.2) is 24.3 Å². The van der Waals surface area contributed by atoms with Crippen molar-refractivity contribution in [2.45, 2.75) is 64.4 Å². The van der Waals surface area contributed by atoms with Crippen molar-refractivity contribution in [3.8, 4) is 0 Å². The van der Waals surface area contributed by atoms with Crippen LogP contribution in [0.4, 0.5) is 0 Å². The molecule has 1 aromatic carbocycles. The van der Waals surface area contributed by atoms with Gasteiger partial charge in [0.1, 0.15) is 6.10 Å². The Kier molecular flexibility index (Phi) is 7.11. The second-order valence-electron chi connectivity index (χ2n) is 6.05. The standard InChI is InChI=1S/C19H26O4/c1-2-3-14-22-18(20)16-12-8-9-13-17(16)19(21)23-15-10-6-4-5-7-11-15/h8-9,12-13,15H,2-7,10-11,14H2,1H3. The van der Waals surface area contributed by atoms with Gasteiger partial charge in [-0.1, -0.05) is 38.3 Å². The molecule has 0 aromatic heterocycles. The minimum Gasteiger partial charge on any atom is -0.462 e. The number of esters is 2. The van der Waals surface area contributed by atoms with Gasteiger partial charge < -0.3 is 9.47 Å². The van der Waals surface area contributed by atoms with E-state index in [1.807, 2.05) is 6.92 Å². The van der Waals surface area contributed by atoms with Crippen molar-refractivity contribution < 1.29 is 19.1 Å². The molecule has 0 saturated heterocycles. The molecule has 4 heteroatoms. The number of hydrogen-bond acceptors (Lipinski definition) is 4. The molecule has 0 bridgehead atoms. The Bertz CT molecular complexity index is 516. The molecule has 4 nitrogen and oxygen atoms in total. The smallest absolute Gasteiger partial charge is 0.339 e. The number of carbonyl (C=O) groups excluding carboxylic acids is 2. The molecule has 126 valence electrons. The lowest BCUT2D eigenvalue weighted by molar-refractivity contribution is 0.0258. The molecule has 23 heavy (non-hydrogen) atoms. The summed E-state index contributed by atoms with van der Waals surface area (Å²) in [6, 6.07) is 6.73. The van der Waals surface area contributed by atoms with Gasteiger partial charge in [0.15, 0.2) is 0 Å². The van der Waals surface area contributed by atoms with Crippen molar-refractivity contribution in [1.82, 2.24) is 0 Å². The Balaban J connectivity index is 2.03. The van der Waals surface area contributed by atoms with E-state index in [0.717, 1.165) is 38.5 Å². The molecule has 0 N–H and O–H groups in total. The topological polar surface area (TPSA) is 52.6 Å². The van der Waals surface area contributed by atoms with Crippen LogP contribution >= 0.6 is 0 Å². The second kappa shape index (κ2) is 9.33. The number of hydrogen-bond donors (Lipinski definition) is 0. The van der Waals surface area contributed by atoms with Gasteiger partial charge in [-0.05, 0) is 44.2 Å². The van der Waals surface area contributed by atoms with Crippen LogP contribution in [0.1, 0.15) is 79.0 Å². The molecular weight excluding hydrogens is 292 g/mol. The monoisotopic (exact) mass is 318 g/mol. The van der Waals surface area contributed by atoms with Crippen LogP contribution in [-0.2, 0) is 9.47 Å². The highest BCUT2D eigenvalue weighted by Crippen LogP contribution is 2.22. The van der Waals surface area contributed by atoms with Gasteiger partial charge in [0.25, 0.3) is 0 Å². The molecule has 0 heterocycles. The first kappa shape index (κ1) is 17.5. The van der Waals surface area contributed by atoms with Crippen LogP contribution in [0, 0.1) is 0 Å². The lowest BCUT2D eigenvalue weighted by Crippen LogP contribution is -2.20. The Hall–Kier alpha value is -1.84. The molecule has 0 radical (unpaired) electrons. The lowest BCUT2D eigenvalue weighted by atomic mass is 10.1. The van der Waals surface area contributed by atoms with Crippen LogP contribution in [0.5, 0.6) is 0 Å². The minimum atomic E-state index is -0.452. The fraction of sp³-hybridized carbons (Fsp3) is 0.579. The first-order valence-corrected chi connectivity index (χ1v) is 8.69. The molecule has 1 aliphatic rings. The Morgan fingerprint density at radius 2 is 1.61 bits per heavy atom. The zero-order chi connectivity index (χ0) is 16.5. The summed E-state index contributed by atoms with van der Waals surface area (Å²) in [5, 5.41) is 0. The third-order valence-electron chi connectivity index (χ3n) is 4.17. The van der Waals surface area contributed by atoms with Gasteiger partial charge in [0.05, 0.1) is 17.7 Å². The molecule has 0 spiro atoms. The molecule has 0 unspecified atom stereocenters. The molecule has 1 saturated carbocycles. The largest absolute Gasteiger partial charge is 0.462 e.